The fourth-order valence-electron chi connectivity index (χ4n) is 4.13. The normalized spacial score (nSPS) is 17.3. The number of carbonyl (C=O) groups excluding carboxylic acids is 3. The molecule has 168 valence electrons. The van der Waals surface area contributed by atoms with Gasteiger partial charge in [-0.15, -0.1) is 0 Å². The highest BCUT2D eigenvalue weighted by molar-refractivity contribution is 6.30. The first kappa shape index (κ1) is 22.6. The zero-order valence-corrected chi connectivity index (χ0v) is 19.1. The van der Waals surface area contributed by atoms with E-state index < -0.39 is 11.5 Å². The topological polar surface area (TPSA) is 75.7 Å². The van der Waals surface area contributed by atoms with Crippen LogP contribution in [0.3, 0.4) is 0 Å². The van der Waals surface area contributed by atoms with Crippen LogP contribution in [0.4, 0.5) is 5.69 Å². The molecule has 1 atom stereocenters. The summed E-state index contributed by atoms with van der Waals surface area (Å²) in [5, 5.41) is 3.57. The summed E-state index contributed by atoms with van der Waals surface area (Å²) < 4.78 is 4.83. The van der Waals surface area contributed by atoms with Crippen molar-refractivity contribution < 1.29 is 19.1 Å². The van der Waals surface area contributed by atoms with E-state index in [0.29, 0.717) is 28.3 Å². The van der Waals surface area contributed by atoms with E-state index in [-0.39, 0.29) is 18.4 Å². The van der Waals surface area contributed by atoms with Crippen molar-refractivity contribution in [1.82, 2.24) is 5.32 Å². The first-order valence-corrected chi connectivity index (χ1v) is 10.8. The predicted octanol–water partition coefficient (Wildman–Crippen LogP) is 4.40. The molecule has 0 radical (unpaired) electrons. The van der Waals surface area contributed by atoms with E-state index in [0.717, 1.165) is 11.1 Å². The summed E-state index contributed by atoms with van der Waals surface area (Å²) >= 11 is 5.95. The third-order valence-electron chi connectivity index (χ3n) is 5.86. The van der Waals surface area contributed by atoms with Crippen LogP contribution in [0.1, 0.15) is 38.8 Å². The SMILES string of the molecule is COC(=O)c1cccc(N2C(=O)c3ccccc3C[C@]2(C)C(=O)NCc2ccc(Cl)cc2)c1. The Kier molecular flexibility index (Phi) is 6.20. The number of rotatable bonds is 5. The molecule has 0 saturated carbocycles. The second kappa shape index (κ2) is 9.08. The number of methoxy groups -OCH3 is 1. The molecule has 3 aromatic carbocycles. The molecule has 7 heteroatoms. The van der Waals surface area contributed by atoms with Crippen LogP contribution in [0.5, 0.6) is 0 Å². The van der Waals surface area contributed by atoms with Gasteiger partial charge in [0, 0.05) is 29.2 Å². The van der Waals surface area contributed by atoms with Crippen LogP contribution in [0.2, 0.25) is 5.02 Å². The molecular weight excluding hydrogens is 440 g/mol. The van der Waals surface area contributed by atoms with E-state index in [1.807, 2.05) is 24.3 Å². The second-order valence-electron chi connectivity index (χ2n) is 8.10. The van der Waals surface area contributed by atoms with Crippen LogP contribution < -0.4 is 10.2 Å². The fraction of sp³-hybridized carbons (Fsp3) is 0.192. The van der Waals surface area contributed by atoms with E-state index >= 15 is 0 Å². The molecule has 6 nitrogen and oxygen atoms in total. The summed E-state index contributed by atoms with van der Waals surface area (Å²) in [6, 6.07) is 21.0. The van der Waals surface area contributed by atoms with Gasteiger partial charge in [0.05, 0.1) is 12.7 Å². The molecule has 33 heavy (non-hydrogen) atoms. The number of amides is 2. The minimum Gasteiger partial charge on any atom is -0.465 e. The van der Waals surface area contributed by atoms with E-state index in [1.54, 1.807) is 55.5 Å². The minimum atomic E-state index is -1.22. The Labute approximate surface area is 197 Å². The van der Waals surface area contributed by atoms with Gasteiger partial charge in [0.15, 0.2) is 0 Å². The monoisotopic (exact) mass is 462 g/mol. The molecule has 0 fully saturated rings. The van der Waals surface area contributed by atoms with Gasteiger partial charge in [-0.2, -0.15) is 0 Å². The highest BCUT2D eigenvalue weighted by atomic mass is 35.5. The summed E-state index contributed by atoms with van der Waals surface area (Å²) in [6.45, 7) is 2.03. The number of anilines is 1. The number of carbonyl (C=O) groups is 3. The maximum atomic E-state index is 13.6. The van der Waals surface area contributed by atoms with Crippen molar-refractivity contribution in [3.63, 3.8) is 0 Å². The number of esters is 1. The summed E-state index contributed by atoms with van der Waals surface area (Å²) in [5.41, 5.74) is 1.74. The quantitative estimate of drug-likeness (QED) is 0.570. The van der Waals surface area contributed by atoms with Crippen LogP contribution in [-0.2, 0) is 22.5 Å². The Bertz CT molecular complexity index is 1220. The molecule has 2 amide bonds. The van der Waals surface area contributed by atoms with Gasteiger partial charge >= 0.3 is 5.97 Å². The highest BCUT2D eigenvalue weighted by Crippen LogP contribution is 2.36. The third-order valence-corrected chi connectivity index (χ3v) is 6.11. The summed E-state index contributed by atoms with van der Waals surface area (Å²) in [4.78, 5) is 40.7. The predicted molar refractivity (Wildman–Crippen MR) is 126 cm³/mol. The number of nitrogens with one attached hydrogen (secondary N) is 1. The Balaban J connectivity index is 1.73. The van der Waals surface area contributed by atoms with Crippen LogP contribution >= 0.6 is 11.6 Å². The van der Waals surface area contributed by atoms with Gasteiger partial charge in [-0.1, -0.05) is 48.0 Å². The number of halogens is 1. The van der Waals surface area contributed by atoms with Crippen LogP contribution in [0.15, 0.2) is 72.8 Å². The summed E-state index contributed by atoms with van der Waals surface area (Å²) in [6.07, 6.45) is 0.323. The van der Waals surface area contributed by atoms with E-state index in [2.05, 4.69) is 5.32 Å². The molecule has 0 aliphatic carbocycles. The molecule has 1 heterocycles. The standard InChI is InChI=1S/C26H23ClN2O4/c1-26(25(32)28-16-17-10-12-20(27)13-11-17)15-19-6-3-4-9-22(19)23(30)29(26)21-8-5-7-18(14-21)24(31)33-2/h3-14H,15-16H2,1-2H3,(H,28,32)/t26-/m1/s1. The van der Waals surface area contributed by atoms with Crippen molar-refractivity contribution in [2.45, 2.75) is 25.4 Å². The Morgan fingerprint density at radius 3 is 2.52 bits per heavy atom. The van der Waals surface area contributed by atoms with Crippen molar-refractivity contribution in [3.05, 3.63) is 100 Å². The van der Waals surface area contributed by atoms with E-state index in [9.17, 15) is 14.4 Å². The molecule has 4 rings (SSSR count). The molecule has 1 N–H and O–H groups in total. The number of benzene rings is 3. The van der Waals surface area contributed by atoms with Gasteiger partial charge in [-0.25, -0.2) is 4.79 Å². The van der Waals surface area contributed by atoms with Gasteiger partial charge in [0.25, 0.3) is 5.91 Å². The first-order valence-electron chi connectivity index (χ1n) is 10.5. The van der Waals surface area contributed by atoms with Gasteiger partial charge in [0.1, 0.15) is 5.54 Å². The molecule has 0 bridgehead atoms. The van der Waals surface area contributed by atoms with E-state index in [1.165, 1.54) is 12.0 Å². The summed E-state index contributed by atoms with van der Waals surface area (Å²) in [5.74, 6) is -1.12. The van der Waals surface area contributed by atoms with Crippen molar-refractivity contribution in [2.24, 2.45) is 0 Å². The van der Waals surface area contributed by atoms with Crippen molar-refractivity contribution >= 4 is 35.1 Å². The lowest BCUT2D eigenvalue weighted by molar-refractivity contribution is -0.126. The average Bonchev–Trinajstić information content (AvgIpc) is 2.83. The van der Waals surface area contributed by atoms with Crippen LogP contribution in [0.25, 0.3) is 0 Å². The lowest BCUT2D eigenvalue weighted by atomic mass is 9.82. The van der Waals surface area contributed by atoms with Gasteiger partial charge in [-0.05, 0) is 54.4 Å². The Morgan fingerprint density at radius 1 is 1.06 bits per heavy atom. The number of hydrogen-bond donors (Lipinski definition) is 1. The molecule has 1 aliphatic rings. The molecular formula is C26H23ClN2O4. The highest BCUT2D eigenvalue weighted by Gasteiger charge is 2.47. The fourth-order valence-corrected chi connectivity index (χ4v) is 4.25. The van der Waals surface area contributed by atoms with Crippen molar-refractivity contribution in [1.29, 1.82) is 0 Å². The second-order valence-corrected chi connectivity index (χ2v) is 8.54. The molecule has 0 unspecified atom stereocenters. The van der Waals surface area contributed by atoms with E-state index in [4.69, 9.17) is 16.3 Å². The van der Waals surface area contributed by atoms with Gasteiger partial charge in [-0.3, -0.25) is 14.5 Å². The van der Waals surface area contributed by atoms with Gasteiger partial charge in [0.2, 0.25) is 5.91 Å². The average molecular weight is 463 g/mol. The number of hydrogen-bond acceptors (Lipinski definition) is 4. The lowest BCUT2D eigenvalue weighted by Gasteiger charge is -2.44. The lowest BCUT2D eigenvalue weighted by Crippen LogP contribution is -2.63. The van der Waals surface area contributed by atoms with Crippen molar-refractivity contribution in [2.75, 3.05) is 12.0 Å². The maximum absolute atomic E-state index is 13.6. The Morgan fingerprint density at radius 2 is 1.79 bits per heavy atom. The molecule has 1 aliphatic heterocycles. The maximum Gasteiger partial charge on any atom is 0.337 e. The number of ether oxygens (including phenoxy) is 1. The smallest absolute Gasteiger partial charge is 0.337 e. The largest absolute Gasteiger partial charge is 0.465 e. The van der Waals surface area contributed by atoms with Crippen LogP contribution in [0, 0.1) is 0 Å². The molecule has 0 saturated heterocycles. The van der Waals surface area contributed by atoms with Crippen molar-refractivity contribution in [3.8, 4) is 0 Å². The molecule has 0 aromatic heterocycles. The molecule has 0 spiro atoms. The number of fused-ring (bicyclic) bond motifs is 1. The zero-order valence-electron chi connectivity index (χ0n) is 18.3. The third kappa shape index (κ3) is 4.34. The summed E-state index contributed by atoms with van der Waals surface area (Å²) in [7, 11) is 1.30. The van der Waals surface area contributed by atoms with Gasteiger partial charge < -0.3 is 10.1 Å². The van der Waals surface area contributed by atoms with Crippen LogP contribution in [-0.4, -0.2) is 30.4 Å². The minimum absolute atomic E-state index is 0.289. The first-order chi connectivity index (χ1) is 15.8. The molecule has 3 aromatic rings. The Hall–Kier alpha value is -3.64. The number of nitrogens with zero attached hydrogens (tertiary/aromatic N) is 1. The zero-order chi connectivity index (χ0) is 23.6.